The predicted molar refractivity (Wildman–Crippen MR) is 57.5 cm³/mol. The molecule has 0 aliphatic heterocycles. The van der Waals surface area contributed by atoms with E-state index in [1.165, 1.54) is 5.56 Å². The summed E-state index contributed by atoms with van der Waals surface area (Å²) in [4.78, 5) is 0. The summed E-state index contributed by atoms with van der Waals surface area (Å²) in [6.45, 7) is 5.12. The molecule has 0 saturated carbocycles. The first-order valence-electron chi connectivity index (χ1n) is 4.91. The first-order chi connectivity index (χ1) is 6.81. The molecule has 1 N–H and O–H groups in total. The number of aryl methyl sites for hydroxylation is 1. The molecule has 2 aromatic rings. The molecule has 14 heavy (non-hydrogen) atoms. The molecule has 0 saturated heterocycles. The fraction of sp³-hybridized carbons (Fsp3) is 0.364. The van der Waals surface area contributed by atoms with Gasteiger partial charge in [0.15, 0.2) is 11.4 Å². The molecule has 2 rings (SSSR count). The standard InChI is InChI=1S/C11H14N2O/c1-3-6-12-11-9-7-8(2)4-5-10(9)14-13-11/h4-5,7H,3,6H2,1-2H3,(H,12,13). The van der Waals surface area contributed by atoms with Crippen LogP contribution in [0.4, 0.5) is 5.82 Å². The first kappa shape index (κ1) is 9.06. The minimum Gasteiger partial charge on any atom is -0.367 e. The molecule has 0 aliphatic rings. The third-order valence-corrected chi connectivity index (χ3v) is 2.17. The van der Waals surface area contributed by atoms with Crippen molar-refractivity contribution in [2.45, 2.75) is 20.3 Å². The van der Waals surface area contributed by atoms with E-state index in [-0.39, 0.29) is 0 Å². The van der Waals surface area contributed by atoms with Crippen LogP contribution in [-0.4, -0.2) is 11.7 Å². The van der Waals surface area contributed by atoms with Gasteiger partial charge in [-0.3, -0.25) is 0 Å². The molecule has 0 radical (unpaired) electrons. The molecule has 0 amide bonds. The normalized spacial score (nSPS) is 10.7. The number of nitrogens with zero attached hydrogens (tertiary/aromatic N) is 1. The second-order valence-corrected chi connectivity index (χ2v) is 3.46. The highest BCUT2D eigenvalue weighted by Crippen LogP contribution is 2.23. The van der Waals surface area contributed by atoms with E-state index in [0.717, 1.165) is 29.8 Å². The summed E-state index contributed by atoms with van der Waals surface area (Å²) in [5.74, 6) is 0.852. The number of hydrogen-bond acceptors (Lipinski definition) is 3. The van der Waals surface area contributed by atoms with Crippen LogP contribution in [0.2, 0.25) is 0 Å². The molecule has 74 valence electrons. The fourth-order valence-electron chi connectivity index (χ4n) is 1.42. The van der Waals surface area contributed by atoms with Gasteiger partial charge >= 0.3 is 0 Å². The summed E-state index contributed by atoms with van der Waals surface area (Å²) < 4.78 is 5.19. The minimum absolute atomic E-state index is 0.842. The molecule has 0 spiro atoms. The van der Waals surface area contributed by atoms with E-state index >= 15 is 0 Å². The summed E-state index contributed by atoms with van der Waals surface area (Å²) in [6, 6.07) is 6.07. The Labute approximate surface area is 83.1 Å². The van der Waals surface area contributed by atoms with E-state index in [2.05, 4.69) is 30.4 Å². The molecule has 1 aromatic carbocycles. The lowest BCUT2D eigenvalue weighted by Crippen LogP contribution is -1.99. The zero-order chi connectivity index (χ0) is 9.97. The molecule has 3 heteroatoms. The van der Waals surface area contributed by atoms with Gasteiger partial charge in [0.05, 0.1) is 5.39 Å². The van der Waals surface area contributed by atoms with Gasteiger partial charge in [-0.15, -0.1) is 0 Å². The highest BCUT2D eigenvalue weighted by molar-refractivity contribution is 5.88. The van der Waals surface area contributed by atoms with Gasteiger partial charge in [0.2, 0.25) is 0 Å². The van der Waals surface area contributed by atoms with E-state index in [1.807, 2.05) is 12.1 Å². The molecule has 0 aliphatic carbocycles. The molecule has 0 fully saturated rings. The monoisotopic (exact) mass is 190 g/mol. The van der Waals surface area contributed by atoms with Crippen molar-refractivity contribution in [1.29, 1.82) is 0 Å². The highest BCUT2D eigenvalue weighted by Gasteiger charge is 2.06. The maximum absolute atomic E-state index is 5.19. The van der Waals surface area contributed by atoms with Crippen LogP contribution in [0.5, 0.6) is 0 Å². The Balaban J connectivity index is 2.40. The summed E-state index contributed by atoms with van der Waals surface area (Å²) in [7, 11) is 0. The van der Waals surface area contributed by atoms with E-state index in [1.54, 1.807) is 0 Å². The lowest BCUT2D eigenvalue weighted by atomic mass is 10.2. The second-order valence-electron chi connectivity index (χ2n) is 3.46. The van der Waals surface area contributed by atoms with E-state index in [4.69, 9.17) is 4.52 Å². The number of aromatic nitrogens is 1. The Kier molecular flexibility index (Phi) is 2.39. The summed E-state index contributed by atoms with van der Waals surface area (Å²) in [5, 5.41) is 8.30. The summed E-state index contributed by atoms with van der Waals surface area (Å²) in [5.41, 5.74) is 2.06. The van der Waals surface area contributed by atoms with Crippen molar-refractivity contribution < 1.29 is 4.52 Å². The number of hydrogen-bond donors (Lipinski definition) is 1. The number of rotatable bonds is 3. The average Bonchev–Trinajstić information content (AvgIpc) is 2.57. The summed E-state index contributed by atoms with van der Waals surface area (Å²) >= 11 is 0. The third-order valence-electron chi connectivity index (χ3n) is 2.17. The molecular weight excluding hydrogens is 176 g/mol. The zero-order valence-electron chi connectivity index (χ0n) is 8.50. The maximum atomic E-state index is 5.19. The Morgan fingerprint density at radius 1 is 1.43 bits per heavy atom. The number of nitrogens with one attached hydrogen (secondary N) is 1. The number of benzene rings is 1. The molecule has 3 nitrogen and oxygen atoms in total. The molecule has 0 atom stereocenters. The van der Waals surface area contributed by atoms with Gasteiger partial charge in [-0.2, -0.15) is 0 Å². The van der Waals surface area contributed by atoms with Crippen molar-refractivity contribution in [3.63, 3.8) is 0 Å². The largest absolute Gasteiger partial charge is 0.367 e. The van der Waals surface area contributed by atoms with Crippen LogP contribution in [0, 0.1) is 6.92 Å². The number of fused-ring (bicyclic) bond motifs is 1. The number of anilines is 1. The Hall–Kier alpha value is -1.51. The van der Waals surface area contributed by atoms with E-state index in [0.29, 0.717) is 0 Å². The van der Waals surface area contributed by atoms with Crippen LogP contribution < -0.4 is 5.32 Å². The third kappa shape index (κ3) is 1.58. The van der Waals surface area contributed by atoms with Crippen LogP contribution in [0.1, 0.15) is 18.9 Å². The van der Waals surface area contributed by atoms with Gasteiger partial charge < -0.3 is 9.84 Å². The second kappa shape index (κ2) is 3.70. The highest BCUT2D eigenvalue weighted by atomic mass is 16.5. The van der Waals surface area contributed by atoms with Gasteiger partial charge in [-0.25, -0.2) is 0 Å². The van der Waals surface area contributed by atoms with Gasteiger partial charge in [0, 0.05) is 6.54 Å². The van der Waals surface area contributed by atoms with E-state index in [9.17, 15) is 0 Å². The Morgan fingerprint density at radius 2 is 2.29 bits per heavy atom. The zero-order valence-corrected chi connectivity index (χ0v) is 8.50. The van der Waals surface area contributed by atoms with Crippen LogP contribution in [0.3, 0.4) is 0 Å². The van der Waals surface area contributed by atoms with Crippen molar-refractivity contribution >= 4 is 16.8 Å². The maximum Gasteiger partial charge on any atom is 0.177 e. The molecule has 0 bridgehead atoms. The lowest BCUT2D eigenvalue weighted by molar-refractivity contribution is 0.459. The fourth-order valence-corrected chi connectivity index (χ4v) is 1.42. The minimum atomic E-state index is 0.842. The van der Waals surface area contributed by atoms with Crippen LogP contribution >= 0.6 is 0 Å². The quantitative estimate of drug-likeness (QED) is 0.808. The van der Waals surface area contributed by atoms with Crippen molar-refractivity contribution in [1.82, 2.24) is 5.16 Å². The van der Waals surface area contributed by atoms with Crippen LogP contribution in [0.25, 0.3) is 11.0 Å². The summed E-state index contributed by atoms with van der Waals surface area (Å²) in [6.07, 6.45) is 1.08. The van der Waals surface area contributed by atoms with Crippen molar-refractivity contribution in [3.05, 3.63) is 23.8 Å². The van der Waals surface area contributed by atoms with Gasteiger partial charge in [-0.1, -0.05) is 23.7 Å². The van der Waals surface area contributed by atoms with Crippen molar-refractivity contribution in [3.8, 4) is 0 Å². The van der Waals surface area contributed by atoms with Crippen LogP contribution in [-0.2, 0) is 0 Å². The Bertz CT molecular complexity index is 434. The average molecular weight is 190 g/mol. The van der Waals surface area contributed by atoms with Crippen molar-refractivity contribution in [2.24, 2.45) is 0 Å². The topological polar surface area (TPSA) is 38.1 Å². The Morgan fingerprint density at radius 3 is 3.07 bits per heavy atom. The van der Waals surface area contributed by atoms with Crippen molar-refractivity contribution in [2.75, 3.05) is 11.9 Å². The molecular formula is C11H14N2O. The van der Waals surface area contributed by atoms with Crippen LogP contribution in [0.15, 0.2) is 22.7 Å². The van der Waals surface area contributed by atoms with Gasteiger partial charge in [0.25, 0.3) is 0 Å². The van der Waals surface area contributed by atoms with Gasteiger partial charge in [-0.05, 0) is 25.5 Å². The molecule has 0 unspecified atom stereocenters. The lowest BCUT2D eigenvalue weighted by Gasteiger charge is -1.98. The predicted octanol–water partition coefficient (Wildman–Crippen LogP) is 2.96. The molecule has 1 aromatic heterocycles. The van der Waals surface area contributed by atoms with Gasteiger partial charge in [0.1, 0.15) is 0 Å². The smallest absolute Gasteiger partial charge is 0.177 e. The SMILES string of the molecule is CCCNc1noc2ccc(C)cc12. The molecule has 1 heterocycles. The first-order valence-corrected chi connectivity index (χ1v) is 4.91. The van der Waals surface area contributed by atoms with E-state index < -0.39 is 0 Å².